The first-order valence-electron chi connectivity index (χ1n) is 6.07. The molecule has 0 atom stereocenters. The lowest BCUT2D eigenvalue weighted by molar-refractivity contribution is -0.116. The normalized spacial score (nSPS) is 16.7. The molecule has 1 fully saturated rings. The highest BCUT2D eigenvalue weighted by atomic mass is 32.2. The molecule has 6 nitrogen and oxygen atoms in total. The maximum absolute atomic E-state index is 11.0. The predicted molar refractivity (Wildman–Crippen MR) is 79.8 cm³/mol. The van der Waals surface area contributed by atoms with E-state index in [9.17, 15) is 4.79 Å². The number of nitrogens with one attached hydrogen (secondary N) is 1. The highest BCUT2D eigenvalue weighted by molar-refractivity contribution is 8.15. The molecule has 1 saturated heterocycles. The molecule has 0 spiro atoms. The van der Waals surface area contributed by atoms with Gasteiger partial charge in [-0.15, -0.1) is 5.10 Å². The van der Waals surface area contributed by atoms with E-state index in [4.69, 9.17) is 9.47 Å². The first-order valence-corrected chi connectivity index (χ1v) is 7.06. The lowest BCUT2D eigenvalue weighted by Crippen LogP contribution is -2.19. The van der Waals surface area contributed by atoms with Gasteiger partial charge in [0.2, 0.25) is 5.91 Å². The van der Waals surface area contributed by atoms with Crippen LogP contribution >= 0.6 is 11.8 Å². The average molecular weight is 293 g/mol. The lowest BCUT2D eigenvalue weighted by atomic mass is 10.2. The molecule has 1 aliphatic rings. The van der Waals surface area contributed by atoms with Crippen molar-refractivity contribution >= 4 is 29.1 Å². The van der Waals surface area contributed by atoms with Crippen molar-refractivity contribution in [2.75, 3.05) is 19.5 Å². The third-order valence-electron chi connectivity index (χ3n) is 2.43. The highest BCUT2D eigenvalue weighted by Gasteiger charge is 2.15. The van der Waals surface area contributed by atoms with Gasteiger partial charge in [-0.05, 0) is 30.7 Å². The number of rotatable bonds is 5. The number of carbonyl (C=O) groups is 1. The molecular formula is C13H15N3O3S. The van der Waals surface area contributed by atoms with Crippen LogP contribution in [-0.4, -0.2) is 36.8 Å². The minimum absolute atomic E-state index is 0.0490. The molecule has 0 unspecified atom stereocenters. The van der Waals surface area contributed by atoms with Crippen molar-refractivity contribution in [1.29, 1.82) is 0 Å². The smallest absolute Gasteiger partial charge is 0.236 e. The largest absolute Gasteiger partial charge is 0.493 e. The Hall–Kier alpha value is -2.02. The zero-order valence-electron chi connectivity index (χ0n) is 11.3. The summed E-state index contributed by atoms with van der Waals surface area (Å²) in [6, 6.07) is 5.49. The number of nitrogens with zero attached hydrogens (tertiary/aromatic N) is 2. The van der Waals surface area contributed by atoms with Gasteiger partial charge in [0.25, 0.3) is 0 Å². The zero-order chi connectivity index (χ0) is 14.4. The monoisotopic (exact) mass is 293 g/mol. The third kappa shape index (κ3) is 3.74. The van der Waals surface area contributed by atoms with Crippen molar-refractivity contribution in [3.63, 3.8) is 0 Å². The summed E-state index contributed by atoms with van der Waals surface area (Å²) in [5, 5.41) is 11.0. The van der Waals surface area contributed by atoms with Crippen molar-refractivity contribution in [3.8, 4) is 11.5 Å². The van der Waals surface area contributed by atoms with E-state index < -0.39 is 0 Å². The van der Waals surface area contributed by atoms with Crippen molar-refractivity contribution < 1.29 is 14.3 Å². The van der Waals surface area contributed by atoms with E-state index in [-0.39, 0.29) is 5.91 Å². The zero-order valence-corrected chi connectivity index (χ0v) is 12.1. The highest BCUT2D eigenvalue weighted by Crippen LogP contribution is 2.27. The van der Waals surface area contributed by atoms with Crippen LogP contribution in [0.2, 0.25) is 0 Å². The van der Waals surface area contributed by atoms with Gasteiger partial charge in [-0.25, -0.2) is 0 Å². The third-order valence-corrected chi connectivity index (χ3v) is 3.29. The number of amidine groups is 1. The van der Waals surface area contributed by atoms with E-state index >= 15 is 0 Å². The molecule has 1 amide bonds. The van der Waals surface area contributed by atoms with Gasteiger partial charge >= 0.3 is 0 Å². The second-order valence-electron chi connectivity index (χ2n) is 3.83. The fourth-order valence-electron chi connectivity index (χ4n) is 1.57. The topological polar surface area (TPSA) is 72.3 Å². The van der Waals surface area contributed by atoms with E-state index in [1.165, 1.54) is 11.8 Å². The van der Waals surface area contributed by atoms with Gasteiger partial charge in [0.05, 0.1) is 25.7 Å². The summed E-state index contributed by atoms with van der Waals surface area (Å²) in [4.78, 5) is 11.0. The van der Waals surface area contributed by atoms with Gasteiger partial charge in [0.1, 0.15) is 0 Å². The molecule has 0 aromatic heterocycles. The summed E-state index contributed by atoms with van der Waals surface area (Å²) in [6.07, 6.45) is 1.60. The number of hydrogen-bond donors (Lipinski definition) is 1. The Kier molecular flexibility index (Phi) is 5.00. The summed E-state index contributed by atoms with van der Waals surface area (Å²) >= 11 is 1.33. The quantitative estimate of drug-likeness (QED) is 0.662. The molecule has 106 valence electrons. The average Bonchev–Trinajstić information content (AvgIpc) is 2.85. The molecule has 1 heterocycles. The van der Waals surface area contributed by atoms with Crippen molar-refractivity contribution in [3.05, 3.63) is 23.8 Å². The molecular weight excluding hydrogens is 278 g/mol. The van der Waals surface area contributed by atoms with E-state index in [1.807, 2.05) is 25.1 Å². The fourth-order valence-corrected chi connectivity index (χ4v) is 2.20. The Labute approximate surface area is 121 Å². The second kappa shape index (κ2) is 6.95. The number of benzene rings is 1. The molecule has 0 aliphatic carbocycles. The SMILES string of the molecule is CCOc1cc(C=N/N=C2/NC(=O)CS2)ccc1OC. The maximum Gasteiger partial charge on any atom is 0.236 e. The van der Waals surface area contributed by atoms with E-state index in [0.29, 0.717) is 29.0 Å². The molecule has 1 N–H and O–H groups in total. The Morgan fingerprint density at radius 1 is 1.45 bits per heavy atom. The summed E-state index contributed by atoms with van der Waals surface area (Å²) in [5.74, 6) is 1.68. The maximum atomic E-state index is 11.0. The summed E-state index contributed by atoms with van der Waals surface area (Å²) < 4.78 is 10.7. The summed E-state index contributed by atoms with van der Waals surface area (Å²) in [7, 11) is 1.59. The molecule has 1 aromatic carbocycles. The minimum Gasteiger partial charge on any atom is -0.493 e. The summed E-state index contributed by atoms with van der Waals surface area (Å²) in [5.41, 5.74) is 0.841. The van der Waals surface area contributed by atoms with E-state index in [2.05, 4.69) is 15.5 Å². The van der Waals surface area contributed by atoms with Crippen LogP contribution < -0.4 is 14.8 Å². The molecule has 0 radical (unpaired) electrons. The number of amides is 1. The Bertz CT molecular complexity index is 558. The standard InChI is InChI=1S/C13H15N3O3S/c1-3-19-11-6-9(4-5-10(11)18-2)7-14-16-13-15-12(17)8-20-13/h4-7H,3,8H2,1-2H3,(H,15,16,17). The molecule has 1 aromatic rings. The first kappa shape index (κ1) is 14.4. The molecule has 7 heteroatoms. The van der Waals surface area contributed by atoms with Crippen LogP contribution in [0.1, 0.15) is 12.5 Å². The van der Waals surface area contributed by atoms with Gasteiger partial charge in [0, 0.05) is 0 Å². The van der Waals surface area contributed by atoms with Crippen molar-refractivity contribution in [2.24, 2.45) is 10.2 Å². The van der Waals surface area contributed by atoms with E-state index in [0.717, 1.165) is 5.56 Å². The van der Waals surface area contributed by atoms with Crippen LogP contribution in [0.25, 0.3) is 0 Å². The lowest BCUT2D eigenvalue weighted by Gasteiger charge is -2.09. The summed E-state index contributed by atoms with van der Waals surface area (Å²) in [6.45, 7) is 2.47. The van der Waals surface area contributed by atoms with Gasteiger partial charge in [-0.2, -0.15) is 5.10 Å². The van der Waals surface area contributed by atoms with Crippen molar-refractivity contribution in [2.45, 2.75) is 6.92 Å². The molecule has 1 aliphatic heterocycles. The fraction of sp³-hybridized carbons (Fsp3) is 0.308. The van der Waals surface area contributed by atoms with Gasteiger partial charge in [-0.3, -0.25) is 4.79 Å². The molecule has 0 saturated carbocycles. The van der Waals surface area contributed by atoms with Gasteiger partial charge in [0.15, 0.2) is 16.7 Å². The van der Waals surface area contributed by atoms with Gasteiger partial charge < -0.3 is 14.8 Å². The van der Waals surface area contributed by atoms with Crippen LogP contribution in [0.15, 0.2) is 28.4 Å². The van der Waals surface area contributed by atoms with E-state index in [1.54, 1.807) is 13.3 Å². The van der Waals surface area contributed by atoms with Crippen molar-refractivity contribution in [1.82, 2.24) is 5.32 Å². The molecule has 0 bridgehead atoms. The number of ether oxygens (including phenoxy) is 2. The number of methoxy groups -OCH3 is 1. The molecule has 20 heavy (non-hydrogen) atoms. The Morgan fingerprint density at radius 2 is 2.30 bits per heavy atom. The molecule has 2 rings (SSSR count). The first-order chi connectivity index (χ1) is 9.72. The Balaban J connectivity index is 2.09. The predicted octanol–water partition coefficient (Wildman–Crippen LogP) is 1.65. The van der Waals surface area contributed by atoms with Crippen LogP contribution in [0.5, 0.6) is 11.5 Å². The number of thioether (sulfide) groups is 1. The Morgan fingerprint density at radius 3 is 2.95 bits per heavy atom. The van der Waals surface area contributed by atoms with Crippen LogP contribution in [0.3, 0.4) is 0 Å². The minimum atomic E-state index is -0.0490. The van der Waals surface area contributed by atoms with Crippen LogP contribution in [0.4, 0.5) is 0 Å². The number of carbonyl (C=O) groups excluding carboxylic acids is 1. The number of hydrogen-bond acceptors (Lipinski definition) is 6. The van der Waals surface area contributed by atoms with Gasteiger partial charge in [-0.1, -0.05) is 11.8 Å². The van der Waals surface area contributed by atoms with Crippen LogP contribution in [0, 0.1) is 0 Å². The second-order valence-corrected chi connectivity index (χ2v) is 4.79. The van der Waals surface area contributed by atoms with Crippen LogP contribution in [-0.2, 0) is 4.79 Å².